The molecule has 0 aromatic carbocycles. The van der Waals surface area contributed by atoms with Gasteiger partial charge in [0, 0.05) is 10.9 Å². The van der Waals surface area contributed by atoms with Gasteiger partial charge in [0.2, 0.25) is 10.0 Å². The minimum absolute atomic E-state index is 0.0488. The summed E-state index contributed by atoms with van der Waals surface area (Å²) in [6, 6.07) is 3.97. The van der Waals surface area contributed by atoms with E-state index in [1.54, 1.807) is 11.3 Å². The molecule has 0 saturated carbocycles. The molecule has 0 spiro atoms. The van der Waals surface area contributed by atoms with E-state index in [1.807, 2.05) is 24.4 Å². The zero-order chi connectivity index (χ0) is 14.1. The highest BCUT2D eigenvalue weighted by Gasteiger charge is 2.14. The molecular formula is C13H24N2O2S2. The Morgan fingerprint density at radius 3 is 2.79 bits per heavy atom. The van der Waals surface area contributed by atoms with Gasteiger partial charge in [-0.3, -0.25) is 0 Å². The van der Waals surface area contributed by atoms with E-state index < -0.39 is 10.0 Å². The Morgan fingerprint density at radius 2 is 2.16 bits per heavy atom. The van der Waals surface area contributed by atoms with Gasteiger partial charge in [0.05, 0.1) is 5.75 Å². The number of rotatable bonds is 10. The van der Waals surface area contributed by atoms with Crippen molar-refractivity contribution in [3.63, 3.8) is 0 Å². The van der Waals surface area contributed by atoms with Crippen molar-refractivity contribution in [2.45, 2.75) is 39.2 Å². The van der Waals surface area contributed by atoms with Crippen LogP contribution in [0.15, 0.2) is 17.5 Å². The van der Waals surface area contributed by atoms with Crippen LogP contribution in [0.3, 0.4) is 0 Å². The Balaban J connectivity index is 2.25. The molecule has 0 bridgehead atoms. The van der Waals surface area contributed by atoms with E-state index >= 15 is 0 Å². The molecule has 0 fully saturated rings. The van der Waals surface area contributed by atoms with Crippen LogP contribution in [0.4, 0.5) is 0 Å². The summed E-state index contributed by atoms with van der Waals surface area (Å²) in [5.41, 5.74) is 0. The average Bonchev–Trinajstić information content (AvgIpc) is 2.80. The Morgan fingerprint density at radius 1 is 1.37 bits per heavy atom. The highest BCUT2D eigenvalue weighted by atomic mass is 32.2. The van der Waals surface area contributed by atoms with Crippen LogP contribution in [0.2, 0.25) is 0 Å². The maximum atomic E-state index is 11.9. The quantitative estimate of drug-likeness (QED) is 0.650. The fourth-order valence-corrected chi connectivity index (χ4v) is 4.00. The number of nitrogens with one attached hydrogen (secondary N) is 2. The van der Waals surface area contributed by atoms with E-state index in [0.717, 1.165) is 25.9 Å². The SMILES string of the molecule is CCCNCCCS(=O)(=O)NC(C)Cc1cccs1. The molecule has 0 aliphatic heterocycles. The van der Waals surface area contributed by atoms with Gasteiger partial charge in [0.1, 0.15) is 0 Å². The van der Waals surface area contributed by atoms with Crippen LogP contribution in [0.1, 0.15) is 31.6 Å². The molecule has 0 radical (unpaired) electrons. The van der Waals surface area contributed by atoms with Crippen molar-refractivity contribution in [1.29, 1.82) is 0 Å². The van der Waals surface area contributed by atoms with Gasteiger partial charge in [-0.05, 0) is 50.7 Å². The van der Waals surface area contributed by atoms with Crippen LogP contribution in [-0.2, 0) is 16.4 Å². The van der Waals surface area contributed by atoms with E-state index in [2.05, 4.69) is 17.0 Å². The van der Waals surface area contributed by atoms with E-state index in [1.165, 1.54) is 4.88 Å². The predicted molar refractivity (Wildman–Crippen MR) is 82.2 cm³/mol. The Hall–Kier alpha value is -0.430. The van der Waals surface area contributed by atoms with Crippen molar-refractivity contribution in [2.24, 2.45) is 0 Å². The average molecular weight is 304 g/mol. The Labute approximate surface area is 120 Å². The van der Waals surface area contributed by atoms with Crippen molar-refractivity contribution in [3.05, 3.63) is 22.4 Å². The second kappa shape index (κ2) is 8.68. The van der Waals surface area contributed by atoms with Crippen molar-refractivity contribution < 1.29 is 8.42 Å². The molecule has 19 heavy (non-hydrogen) atoms. The van der Waals surface area contributed by atoms with Gasteiger partial charge in [-0.1, -0.05) is 13.0 Å². The molecule has 0 aliphatic rings. The number of hydrogen-bond donors (Lipinski definition) is 2. The number of thiophene rings is 1. The Bertz CT molecular complexity index is 430. The summed E-state index contributed by atoms with van der Waals surface area (Å²) in [7, 11) is -3.16. The summed E-state index contributed by atoms with van der Waals surface area (Å²) < 4.78 is 26.5. The molecule has 2 N–H and O–H groups in total. The molecule has 4 nitrogen and oxygen atoms in total. The molecule has 1 atom stereocenters. The maximum absolute atomic E-state index is 11.9. The molecular weight excluding hydrogens is 280 g/mol. The fourth-order valence-electron chi connectivity index (χ4n) is 1.83. The van der Waals surface area contributed by atoms with Crippen LogP contribution in [0.25, 0.3) is 0 Å². The monoisotopic (exact) mass is 304 g/mol. The maximum Gasteiger partial charge on any atom is 0.211 e. The molecule has 0 aliphatic carbocycles. The third-order valence-corrected chi connectivity index (χ3v) is 5.15. The lowest BCUT2D eigenvalue weighted by atomic mass is 10.2. The lowest BCUT2D eigenvalue weighted by Gasteiger charge is -2.13. The molecule has 110 valence electrons. The van der Waals surface area contributed by atoms with Gasteiger partial charge >= 0.3 is 0 Å². The Kier molecular flexibility index (Phi) is 7.60. The largest absolute Gasteiger partial charge is 0.317 e. The van der Waals surface area contributed by atoms with Crippen molar-refractivity contribution in [2.75, 3.05) is 18.8 Å². The zero-order valence-corrected chi connectivity index (χ0v) is 13.3. The third-order valence-electron chi connectivity index (χ3n) is 2.66. The summed E-state index contributed by atoms with van der Waals surface area (Å²) in [5.74, 6) is 0.193. The van der Waals surface area contributed by atoms with Gasteiger partial charge in [0.25, 0.3) is 0 Å². The van der Waals surface area contributed by atoms with E-state index in [0.29, 0.717) is 6.42 Å². The first-order valence-corrected chi connectivity index (χ1v) is 9.30. The first-order valence-electron chi connectivity index (χ1n) is 6.76. The van der Waals surface area contributed by atoms with Crippen LogP contribution >= 0.6 is 11.3 Å². The first-order chi connectivity index (χ1) is 9.03. The molecule has 1 rings (SSSR count). The lowest BCUT2D eigenvalue weighted by Crippen LogP contribution is -2.36. The molecule has 0 amide bonds. The van der Waals surface area contributed by atoms with E-state index in [4.69, 9.17) is 0 Å². The normalized spacial score (nSPS) is 13.6. The van der Waals surface area contributed by atoms with E-state index in [9.17, 15) is 8.42 Å². The minimum Gasteiger partial charge on any atom is -0.317 e. The zero-order valence-electron chi connectivity index (χ0n) is 11.7. The highest BCUT2D eigenvalue weighted by molar-refractivity contribution is 7.89. The molecule has 1 heterocycles. The van der Waals surface area contributed by atoms with Gasteiger partial charge < -0.3 is 5.32 Å². The minimum atomic E-state index is -3.16. The molecule has 0 saturated heterocycles. The summed E-state index contributed by atoms with van der Waals surface area (Å²) >= 11 is 1.66. The summed E-state index contributed by atoms with van der Waals surface area (Å²) in [6.07, 6.45) is 2.48. The van der Waals surface area contributed by atoms with Gasteiger partial charge in [0.15, 0.2) is 0 Å². The van der Waals surface area contributed by atoms with Crippen LogP contribution in [-0.4, -0.2) is 33.3 Å². The molecule has 6 heteroatoms. The van der Waals surface area contributed by atoms with Crippen molar-refractivity contribution in [3.8, 4) is 0 Å². The first kappa shape index (κ1) is 16.6. The van der Waals surface area contributed by atoms with Crippen LogP contribution < -0.4 is 10.0 Å². The number of sulfonamides is 1. The highest BCUT2D eigenvalue weighted by Crippen LogP contribution is 2.11. The molecule has 1 unspecified atom stereocenters. The van der Waals surface area contributed by atoms with Crippen LogP contribution in [0, 0.1) is 0 Å². The molecule has 1 aromatic heterocycles. The summed E-state index contributed by atoms with van der Waals surface area (Å²) in [6.45, 7) is 5.71. The predicted octanol–water partition coefficient (Wildman–Crippen LogP) is 1.99. The fraction of sp³-hybridized carbons (Fsp3) is 0.692. The summed E-state index contributed by atoms with van der Waals surface area (Å²) in [5, 5.41) is 5.22. The van der Waals surface area contributed by atoms with Crippen molar-refractivity contribution >= 4 is 21.4 Å². The second-order valence-electron chi connectivity index (χ2n) is 4.72. The molecule has 1 aromatic rings. The lowest BCUT2D eigenvalue weighted by molar-refractivity contribution is 0.555. The standard InChI is InChI=1S/C13H24N2O2S2/c1-3-7-14-8-5-10-19(16,17)15-12(2)11-13-6-4-9-18-13/h4,6,9,12,14-15H,3,5,7-8,10-11H2,1-2H3. The van der Waals surface area contributed by atoms with E-state index in [-0.39, 0.29) is 11.8 Å². The van der Waals surface area contributed by atoms with Gasteiger partial charge in [-0.2, -0.15) is 0 Å². The third kappa shape index (κ3) is 7.67. The van der Waals surface area contributed by atoms with Crippen LogP contribution in [0.5, 0.6) is 0 Å². The number of hydrogen-bond acceptors (Lipinski definition) is 4. The summed E-state index contributed by atoms with van der Waals surface area (Å²) in [4.78, 5) is 1.21. The van der Waals surface area contributed by atoms with Crippen molar-refractivity contribution in [1.82, 2.24) is 10.0 Å². The topological polar surface area (TPSA) is 58.2 Å². The smallest absolute Gasteiger partial charge is 0.211 e. The van der Waals surface area contributed by atoms with Gasteiger partial charge in [-0.25, -0.2) is 13.1 Å². The second-order valence-corrected chi connectivity index (χ2v) is 7.63. The van der Waals surface area contributed by atoms with Gasteiger partial charge in [-0.15, -0.1) is 11.3 Å².